The van der Waals surface area contributed by atoms with Crippen molar-refractivity contribution in [2.24, 2.45) is 11.1 Å². The van der Waals surface area contributed by atoms with Crippen LogP contribution < -0.4 is 10.6 Å². The molecule has 0 bridgehead atoms. The van der Waals surface area contributed by atoms with Gasteiger partial charge in [-0.05, 0) is 36.0 Å². The highest BCUT2D eigenvalue weighted by molar-refractivity contribution is 6.17. The number of nitrogens with zero attached hydrogens (tertiary/aromatic N) is 1. The monoisotopic (exact) mass is 286 g/mol. The molecule has 112 valence electrons. The van der Waals surface area contributed by atoms with Crippen molar-refractivity contribution in [3.63, 3.8) is 0 Å². The van der Waals surface area contributed by atoms with Gasteiger partial charge in [-0.3, -0.25) is 14.5 Å². The van der Waals surface area contributed by atoms with E-state index in [4.69, 9.17) is 5.73 Å². The zero-order chi connectivity index (χ0) is 14.9. The molecule has 4 heteroatoms. The minimum absolute atomic E-state index is 0.0475. The number of amides is 2. The number of nitrogens with two attached hydrogens (primary N) is 1. The van der Waals surface area contributed by atoms with Crippen molar-refractivity contribution in [2.45, 2.75) is 51.5 Å². The van der Waals surface area contributed by atoms with Crippen LogP contribution in [-0.2, 0) is 16.1 Å². The SMILES string of the molecule is NCc1ccc(N2C(=O)CC3(CCCCC3)CC2=O)cc1. The first kappa shape index (κ1) is 14.3. The van der Waals surface area contributed by atoms with E-state index in [0.717, 1.165) is 31.2 Å². The third kappa shape index (κ3) is 2.72. The molecule has 1 aromatic rings. The smallest absolute Gasteiger partial charge is 0.234 e. The van der Waals surface area contributed by atoms with Crippen molar-refractivity contribution >= 4 is 17.5 Å². The summed E-state index contributed by atoms with van der Waals surface area (Å²) < 4.78 is 0. The van der Waals surface area contributed by atoms with E-state index in [9.17, 15) is 9.59 Å². The molecule has 4 nitrogen and oxygen atoms in total. The van der Waals surface area contributed by atoms with E-state index in [1.54, 1.807) is 0 Å². The molecule has 1 saturated carbocycles. The third-order valence-corrected chi connectivity index (χ3v) is 4.90. The first-order valence-electron chi connectivity index (χ1n) is 7.78. The van der Waals surface area contributed by atoms with Crippen molar-refractivity contribution in [1.29, 1.82) is 0 Å². The molecule has 1 saturated heterocycles. The molecule has 3 rings (SSSR count). The lowest BCUT2D eigenvalue weighted by Crippen LogP contribution is -2.48. The average molecular weight is 286 g/mol. The largest absolute Gasteiger partial charge is 0.326 e. The lowest BCUT2D eigenvalue weighted by molar-refractivity contribution is -0.134. The normalized spacial score (nSPS) is 21.9. The van der Waals surface area contributed by atoms with Gasteiger partial charge in [-0.1, -0.05) is 31.4 Å². The van der Waals surface area contributed by atoms with Crippen LogP contribution in [-0.4, -0.2) is 11.8 Å². The van der Waals surface area contributed by atoms with Crippen LogP contribution in [0.25, 0.3) is 0 Å². The van der Waals surface area contributed by atoms with Gasteiger partial charge >= 0.3 is 0 Å². The van der Waals surface area contributed by atoms with Crippen molar-refractivity contribution in [1.82, 2.24) is 0 Å². The minimum Gasteiger partial charge on any atom is -0.326 e. The van der Waals surface area contributed by atoms with Gasteiger partial charge in [-0.25, -0.2) is 0 Å². The molecule has 2 N–H and O–H groups in total. The zero-order valence-electron chi connectivity index (χ0n) is 12.3. The van der Waals surface area contributed by atoms with Gasteiger partial charge in [0.2, 0.25) is 11.8 Å². The predicted molar refractivity (Wildman–Crippen MR) is 81.6 cm³/mol. The van der Waals surface area contributed by atoms with Gasteiger partial charge in [0.05, 0.1) is 5.69 Å². The molecular weight excluding hydrogens is 264 g/mol. The van der Waals surface area contributed by atoms with Crippen LogP contribution >= 0.6 is 0 Å². The van der Waals surface area contributed by atoms with E-state index in [1.807, 2.05) is 24.3 Å². The predicted octanol–water partition coefficient (Wildman–Crippen LogP) is 2.75. The fourth-order valence-corrected chi connectivity index (χ4v) is 3.73. The molecule has 1 aliphatic heterocycles. The van der Waals surface area contributed by atoms with E-state index >= 15 is 0 Å². The van der Waals surface area contributed by atoms with Crippen molar-refractivity contribution in [3.05, 3.63) is 29.8 Å². The Bertz CT molecular complexity index is 524. The summed E-state index contributed by atoms with van der Waals surface area (Å²) in [5.74, 6) is -0.0951. The number of anilines is 1. The van der Waals surface area contributed by atoms with E-state index in [1.165, 1.54) is 11.3 Å². The van der Waals surface area contributed by atoms with Gasteiger partial charge in [-0.2, -0.15) is 0 Å². The van der Waals surface area contributed by atoms with E-state index in [-0.39, 0.29) is 17.2 Å². The summed E-state index contributed by atoms with van der Waals surface area (Å²) in [5, 5.41) is 0. The Kier molecular flexibility index (Phi) is 3.81. The number of piperidine rings is 1. The van der Waals surface area contributed by atoms with Gasteiger partial charge < -0.3 is 5.73 Å². The van der Waals surface area contributed by atoms with E-state index < -0.39 is 0 Å². The summed E-state index contributed by atoms with van der Waals surface area (Å²) in [6, 6.07) is 7.38. The van der Waals surface area contributed by atoms with Crippen LogP contribution in [0.1, 0.15) is 50.5 Å². The Morgan fingerprint density at radius 1 is 0.952 bits per heavy atom. The van der Waals surface area contributed by atoms with Crippen LogP contribution in [0.4, 0.5) is 5.69 Å². The molecule has 21 heavy (non-hydrogen) atoms. The molecule has 2 aliphatic rings. The average Bonchev–Trinajstić information content (AvgIpc) is 2.48. The molecule has 2 amide bonds. The molecule has 1 heterocycles. The molecule has 1 spiro atoms. The van der Waals surface area contributed by atoms with Gasteiger partial charge in [0.1, 0.15) is 0 Å². The number of hydrogen-bond donors (Lipinski definition) is 1. The summed E-state index contributed by atoms with van der Waals surface area (Å²) in [4.78, 5) is 26.4. The fourth-order valence-electron chi connectivity index (χ4n) is 3.73. The van der Waals surface area contributed by atoms with E-state index in [2.05, 4.69) is 0 Å². The second-order valence-electron chi connectivity index (χ2n) is 6.41. The third-order valence-electron chi connectivity index (χ3n) is 4.90. The zero-order valence-corrected chi connectivity index (χ0v) is 12.3. The van der Waals surface area contributed by atoms with E-state index in [0.29, 0.717) is 25.1 Å². The Morgan fingerprint density at radius 2 is 1.52 bits per heavy atom. The first-order chi connectivity index (χ1) is 10.1. The summed E-state index contributed by atoms with van der Waals surface area (Å²) in [7, 11) is 0. The number of rotatable bonds is 2. The Hall–Kier alpha value is -1.68. The van der Waals surface area contributed by atoms with Crippen LogP contribution in [0.15, 0.2) is 24.3 Å². The maximum atomic E-state index is 12.5. The Balaban J connectivity index is 1.81. The van der Waals surface area contributed by atoms with Gasteiger partial charge in [0.15, 0.2) is 0 Å². The van der Waals surface area contributed by atoms with Crippen LogP contribution in [0.5, 0.6) is 0 Å². The quantitative estimate of drug-likeness (QED) is 0.850. The molecule has 2 fully saturated rings. The van der Waals surface area contributed by atoms with Crippen molar-refractivity contribution < 1.29 is 9.59 Å². The van der Waals surface area contributed by atoms with Crippen LogP contribution in [0, 0.1) is 5.41 Å². The molecule has 0 unspecified atom stereocenters. The summed E-state index contributed by atoms with van der Waals surface area (Å²) >= 11 is 0. The maximum Gasteiger partial charge on any atom is 0.234 e. The van der Waals surface area contributed by atoms with Crippen LogP contribution in [0.2, 0.25) is 0 Å². The first-order valence-corrected chi connectivity index (χ1v) is 7.78. The lowest BCUT2D eigenvalue weighted by Gasteiger charge is -2.42. The second-order valence-corrected chi connectivity index (χ2v) is 6.41. The summed E-state index contributed by atoms with van der Waals surface area (Å²) in [6.45, 7) is 0.464. The number of imide groups is 1. The highest BCUT2D eigenvalue weighted by Gasteiger charge is 2.44. The molecule has 1 aromatic carbocycles. The minimum atomic E-state index is -0.0554. The molecule has 1 aliphatic carbocycles. The standard InChI is InChI=1S/C17H22N2O2/c18-12-13-4-6-14(7-5-13)19-15(20)10-17(11-16(19)21)8-2-1-3-9-17/h4-7H,1-3,8-12,18H2. The molecule has 0 atom stereocenters. The Morgan fingerprint density at radius 3 is 2.05 bits per heavy atom. The second kappa shape index (κ2) is 5.60. The molecule has 0 radical (unpaired) electrons. The summed E-state index contributed by atoms with van der Waals surface area (Å²) in [5.41, 5.74) is 7.20. The number of carbonyl (C=O) groups is 2. The lowest BCUT2D eigenvalue weighted by atomic mass is 9.67. The number of hydrogen-bond acceptors (Lipinski definition) is 3. The number of benzene rings is 1. The van der Waals surface area contributed by atoms with Crippen molar-refractivity contribution in [3.8, 4) is 0 Å². The van der Waals surface area contributed by atoms with Gasteiger partial charge in [0, 0.05) is 19.4 Å². The molecule has 0 aromatic heterocycles. The van der Waals surface area contributed by atoms with Gasteiger partial charge in [-0.15, -0.1) is 0 Å². The van der Waals surface area contributed by atoms with Crippen molar-refractivity contribution in [2.75, 3.05) is 4.90 Å². The topological polar surface area (TPSA) is 63.4 Å². The highest BCUT2D eigenvalue weighted by Crippen LogP contribution is 2.46. The maximum absolute atomic E-state index is 12.5. The van der Waals surface area contributed by atoms with Gasteiger partial charge in [0.25, 0.3) is 0 Å². The fraction of sp³-hybridized carbons (Fsp3) is 0.529. The number of carbonyl (C=O) groups excluding carboxylic acids is 2. The highest BCUT2D eigenvalue weighted by atomic mass is 16.2. The Labute approximate surface area is 125 Å². The van der Waals surface area contributed by atoms with Crippen LogP contribution in [0.3, 0.4) is 0 Å². The molecular formula is C17H22N2O2. The summed E-state index contributed by atoms with van der Waals surface area (Å²) in [6.07, 6.45) is 6.58.